The molecule has 0 atom stereocenters. The molecule has 1 fully saturated rings. The van der Waals surface area contributed by atoms with Crippen LogP contribution in [0, 0.1) is 13.8 Å². The van der Waals surface area contributed by atoms with E-state index in [-0.39, 0.29) is 17.4 Å². The summed E-state index contributed by atoms with van der Waals surface area (Å²) in [6, 6.07) is 9.99. The summed E-state index contributed by atoms with van der Waals surface area (Å²) >= 11 is 5.97. The summed E-state index contributed by atoms with van der Waals surface area (Å²) in [5, 5.41) is 3.30. The van der Waals surface area contributed by atoms with E-state index in [0.717, 1.165) is 24.8 Å². The standard InChI is InChI=1S/C21H25ClN2O4S/c1-15-6-7-17(22)13-19(15)23-21(25)14-28-20-9-8-18(12-16(20)2)29(26,27)24-10-4-3-5-11-24/h6-9,12-13H,3-5,10-11,14H2,1-2H3,(H,23,25). The normalized spacial score (nSPS) is 15.1. The summed E-state index contributed by atoms with van der Waals surface area (Å²) in [5.41, 5.74) is 2.19. The smallest absolute Gasteiger partial charge is 0.262 e. The van der Waals surface area contributed by atoms with Gasteiger partial charge in [-0.05, 0) is 68.1 Å². The molecule has 156 valence electrons. The molecule has 2 aromatic carbocycles. The predicted octanol–water partition coefficient (Wildman–Crippen LogP) is 4.15. The van der Waals surface area contributed by atoms with Crippen LogP contribution in [0.25, 0.3) is 0 Å². The number of anilines is 1. The van der Waals surface area contributed by atoms with Crippen molar-refractivity contribution in [3.05, 3.63) is 52.5 Å². The van der Waals surface area contributed by atoms with Crippen molar-refractivity contribution in [2.75, 3.05) is 25.0 Å². The minimum Gasteiger partial charge on any atom is -0.483 e. The van der Waals surface area contributed by atoms with Gasteiger partial charge in [-0.3, -0.25) is 4.79 Å². The monoisotopic (exact) mass is 436 g/mol. The minimum absolute atomic E-state index is 0.189. The van der Waals surface area contributed by atoms with Crippen molar-refractivity contribution >= 4 is 33.2 Å². The number of carbonyl (C=O) groups excluding carboxylic acids is 1. The molecule has 8 heteroatoms. The number of nitrogens with one attached hydrogen (secondary N) is 1. The maximum atomic E-state index is 12.8. The van der Waals surface area contributed by atoms with Crippen molar-refractivity contribution in [3.63, 3.8) is 0 Å². The van der Waals surface area contributed by atoms with Gasteiger partial charge in [-0.2, -0.15) is 4.31 Å². The van der Waals surface area contributed by atoms with Crippen LogP contribution in [0.2, 0.25) is 5.02 Å². The van der Waals surface area contributed by atoms with E-state index in [1.807, 2.05) is 13.0 Å². The molecule has 1 heterocycles. The summed E-state index contributed by atoms with van der Waals surface area (Å²) < 4.78 is 32.7. The van der Waals surface area contributed by atoms with Crippen LogP contribution in [-0.2, 0) is 14.8 Å². The van der Waals surface area contributed by atoms with Crippen LogP contribution in [0.3, 0.4) is 0 Å². The van der Waals surface area contributed by atoms with Crippen LogP contribution in [0.5, 0.6) is 5.75 Å². The van der Waals surface area contributed by atoms with Crippen LogP contribution >= 0.6 is 11.6 Å². The molecule has 1 saturated heterocycles. The van der Waals surface area contributed by atoms with E-state index in [1.165, 1.54) is 10.4 Å². The SMILES string of the molecule is Cc1ccc(Cl)cc1NC(=O)COc1ccc(S(=O)(=O)N2CCCCC2)cc1C. The second kappa shape index (κ2) is 9.15. The molecule has 6 nitrogen and oxygen atoms in total. The maximum Gasteiger partial charge on any atom is 0.262 e. The second-order valence-electron chi connectivity index (χ2n) is 7.19. The highest BCUT2D eigenvalue weighted by molar-refractivity contribution is 7.89. The minimum atomic E-state index is -3.50. The molecular formula is C21H25ClN2O4S. The summed E-state index contributed by atoms with van der Waals surface area (Å²) in [4.78, 5) is 12.5. The van der Waals surface area contributed by atoms with E-state index in [0.29, 0.717) is 35.1 Å². The van der Waals surface area contributed by atoms with Crippen molar-refractivity contribution in [1.82, 2.24) is 4.31 Å². The number of rotatable bonds is 6. The van der Waals surface area contributed by atoms with Gasteiger partial charge in [0, 0.05) is 23.8 Å². The highest BCUT2D eigenvalue weighted by Gasteiger charge is 2.26. The Morgan fingerprint density at radius 1 is 1.07 bits per heavy atom. The van der Waals surface area contributed by atoms with Gasteiger partial charge >= 0.3 is 0 Å². The molecule has 1 amide bonds. The number of aryl methyl sites for hydroxylation is 2. The topological polar surface area (TPSA) is 75.7 Å². The first-order chi connectivity index (χ1) is 13.8. The van der Waals surface area contributed by atoms with E-state index in [4.69, 9.17) is 16.3 Å². The Morgan fingerprint density at radius 3 is 2.48 bits per heavy atom. The van der Waals surface area contributed by atoms with Crippen LogP contribution in [-0.4, -0.2) is 38.3 Å². The molecule has 29 heavy (non-hydrogen) atoms. The zero-order valence-electron chi connectivity index (χ0n) is 16.6. The molecule has 0 unspecified atom stereocenters. The highest BCUT2D eigenvalue weighted by Crippen LogP contribution is 2.26. The van der Waals surface area contributed by atoms with Gasteiger partial charge in [0.25, 0.3) is 5.91 Å². The molecule has 0 aromatic heterocycles. The molecule has 1 N–H and O–H groups in total. The molecule has 3 rings (SSSR count). The van der Waals surface area contributed by atoms with Gasteiger partial charge in [0.15, 0.2) is 6.61 Å². The van der Waals surface area contributed by atoms with Crippen LogP contribution in [0.15, 0.2) is 41.3 Å². The molecule has 0 saturated carbocycles. The Balaban J connectivity index is 1.64. The Hall–Kier alpha value is -2.09. The van der Waals surface area contributed by atoms with Gasteiger partial charge in [0.2, 0.25) is 10.0 Å². The first-order valence-electron chi connectivity index (χ1n) is 9.57. The number of hydrogen-bond acceptors (Lipinski definition) is 4. The number of halogens is 1. The van der Waals surface area contributed by atoms with Crippen molar-refractivity contribution in [2.24, 2.45) is 0 Å². The number of ether oxygens (including phenoxy) is 1. The van der Waals surface area contributed by atoms with E-state index in [2.05, 4.69) is 5.32 Å². The highest BCUT2D eigenvalue weighted by atomic mass is 35.5. The number of piperidine rings is 1. The third-order valence-electron chi connectivity index (χ3n) is 4.93. The van der Waals surface area contributed by atoms with E-state index < -0.39 is 10.0 Å². The summed E-state index contributed by atoms with van der Waals surface area (Å²) in [5.74, 6) is 0.153. The molecule has 0 spiro atoms. The number of hydrogen-bond donors (Lipinski definition) is 1. The predicted molar refractivity (Wildman–Crippen MR) is 114 cm³/mol. The van der Waals surface area contributed by atoms with Crippen molar-refractivity contribution in [2.45, 2.75) is 38.0 Å². The molecule has 1 aliphatic rings. The fourth-order valence-corrected chi connectivity index (χ4v) is 5.03. The second-order valence-corrected chi connectivity index (χ2v) is 9.56. The fraction of sp³-hybridized carbons (Fsp3) is 0.381. The van der Waals surface area contributed by atoms with Crippen LogP contribution in [0.1, 0.15) is 30.4 Å². The van der Waals surface area contributed by atoms with E-state index in [1.54, 1.807) is 31.2 Å². The Kier molecular flexibility index (Phi) is 6.82. The zero-order chi connectivity index (χ0) is 21.0. The largest absolute Gasteiger partial charge is 0.483 e. The number of amides is 1. The van der Waals surface area contributed by atoms with Gasteiger partial charge in [-0.1, -0.05) is 24.1 Å². The van der Waals surface area contributed by atoms with Crippen molar-refractivity contribution in [3.8, 4) is 5.75 Å². The lowest BCUT2D eigenvalue weighted by molar-refractivity contribution is -0.118. The molecule has 2 aromatic rings. The summed E-state index contributed by atoms with van der Waals surface area (Å²) in [6.07, 6.45) is 2.84. The summed E-state index contributed by atoms with van der Waals surface area (Å²) in [7, 11) is -3.50. The average molecular weight is 437 g/mol. The van der Waals surface area contributed by atoms with Gasteiger partial charge in [-0.25, -0.2) is 8.42 Å². The maximum absolute atomic E-state index is 12.8. The molecule has 0 aliphatic carbocycles. The number of benzene rings is 2. The number of sulfonamides is 1. The average Bonchev–Trinajstić information content (AvgIpc) is 2.70. The van der Waals surface area contributed by atoms with Crippen molar-refractivity contribution < 1.29 is 17.9 Å². The third kappa shape index (κ3) is 5.29. The molecular weight excluding hydrogens is 412 g/mol. The zero-order valence-corrected chi connectivity index (χ0v) is 18.1. The number of carbonyl (C=O) groups is 1. The first-order valence-corrected chi connectivity index (χ1v) is 11.4. The van der Waals surface area contributed by atoms with Crippen LogP contribution in [0.4, 0.5) is 5.69 Å². The Bertz CT molecular complexity index is 1000. The van der Waals surface area contributed by atoms with Gasteiger partial charge in [0.05, 0.1) is 4.90 Å². The lowest BCUT2D eigenvalue weighted by atomic mass is 10.2. The lowest BCUT2D eigenvalue weighted by Crippen LogP contribution is -2.35. The lowest BCUT2D eigenvalue weighted by Gasteiger charge is -2.26. The molecule has 1 aliphatic heterocycles. The Labute approximate surface area is 176 Å². The van der Waals surface area contributed by atoms with Crippen LogP contribution < -0.4 is 10.1 Å². The van der Waals surface area contributed by atoms with Crippen molar-refractivity contribution in [1.29, 1.82) is 0 Å². The van der Waals surface area contributed by atoms with Gasteiger partial charge < -0.3 is 10.1 Å². The quantitative estimate of drug-likeness (QED) is 0.738. The Morgan fingerprint density at radius 2 is 1.79 bits per heavy atom. The molecule has 0 radical (unpaired) electrons. The fourth-order valence-electron chi connectivity index (χ4n) is 3.26. The third-order valence-corrected chi connectivity index (χ3v) is 7.06. The summed E-state index contributed by atoms with van der Waals surface area (Å²) in [6.45, 7) is 4.57. The van der Waals surface area contributed by atoms with Gasteiger partial charge in [0.1, 0.15) is 5.75 Å². The van der Waals surface area contributed by atoms with E-state index >= 15 is 0 Å². The number of nitrogens with zero attached hydrogens (tertiary/aromatic N) is 1. The van der Waals surface area contributed by atoms with Gasteiger partial charge in [-0.15, -0.1) is 0 Å². The first kappa shape index (κ1) is 21.6. The molecule has 0 bridgehead atoms. The van der Waals surface area contributed by atoms with E-state index in [9.17, 15) is 13.2 Å².